The Kier molecular flexibility index (Phi) is 7.17. The molecule has 1 aromatic carbocycles. The average Bonchev–Trinajstić information content (AvgIpc) is 2.63. The molecule has 0 saturated carbocycles. The molecule has 7 heteroatoms. The lowest BCUT2D eigenvalue weighted by atomic mass is 10.0. The number of alkyl halides is 1. The maximum absolute atomic E-state index is 13.2. The molecule has 0 fully saturated rings. The van der Waals surface area contributed by atoms with Crippen molar-refractivity contribution in [3.05, 3.63) is 59.9 Å². The van der Waals surface area contributed by atoms with Gasteiger partial charge in [0.25, 0.3) is 0 Å². The molecule has 0 aliphatic heterocycles. The molecule has 1 amide bonds. The van der Waals surface area contributed by atoms with Gasteiger partial charge in [0.1, 0.15) is 5.25 Å². The van der Waals surface area contributed by atoms with Gasteiger partial charge in [-0.1, -0.05) is 32.0 Å². The van der Waals surface area contributed by atoms with Crippen molar-refractivity contribution in [2.24, 2.45) is 0 Å². The van der Waals surface area contributed by atoms with E-state index < -0.39 is 15.1 Å². The highest BCUT2D eigenvalue weighted by atomic mass is 35.5. The van der Waals surface area contributed by atoms with E-state index in [0.717, 1.165) is 5.56 Å². The molecule has 5 nitrogen and oxygen atoms in total. The van der Waals surface area contributed by atoms with Gasteiger partial charge in [-0.2, -0.15) is 0 Å². The predicted molar refractivity (Wildman–Crippen MR) is 103 cm³/mol. The Balaban J connectivity index is 2.34. The number of nitrogens with one attached hydrogen (secondary N) is 1. The third-order valence-corrected chi connectivity index (χ3v) is 6.42. The van der Waals surface area contributed by atoms with Gasteiger partial charge in [-0.15, -0.1) is 11.6 Å². The fourth-order valence-electron chi connectivity index (χ4n) is 2.56. The lowest BCUT2D eigenvalue weighted by molar-refractivity contribution is -0.120. The summed E-state index contributed by atoms with van der Waals surface area (Å²) in [5, 5.41) is 1.74. The van der Waals surface area contributed by atoms with Crippen LogP contribution in [0.15, 0.2) is 53.7 Å². The highest BCUT2D eigenvalue weighted by molar-refractivity contribution is 7.91. The summed E-state index contributed by atoms with van der Waals surface area (Å²) in [7, 11) is -3.69. The molecule has 2 rings (SSSR count). The minimum absolute atomic E-state index is 0.0321. The summed E-state index contributed by atoms with van der Waals surface area (Å²) in [6, 6.07) is 10.3. The van der Waals surface area contributed by atoms with Crippen molar-refractivity contribution >= 4 is 27.3 Å². The van der Waals surface area contributed by atoms with Gasteiger partial charge < -0.3 is 5.32 Å². The zero-order valence-corrected chi connectivity index (χ0v) is 16.4. The van der Waals surface area contributed by atoms with Crippen LogP contribution in [0.4, 0.5) is 0 Å². The van der Waals surface area contributed by atoms with Crippen LogP contribution in [0.3, 0.4) is 0 Å². The second kappa shape index (κ2) is 9.14. The lowest BCUT2D eigenvalue weighted by Gasteiger charge is -2.19. The molecule has 1 N–H and O–H groups in total. The van der Waals surface area contributed by atoms with Crippen molar-refractivity contribution in [3.63, 3.8) is 0 Å². The summed E-state index contributed by atoms with van der Waals surface area (Å²) in [5.41, 5.74) is 1.60. The highest BCUT2D eigenvalue weighted by Gasteiger charge is 2.29. The third-order valence-electron chi connectivity index (χ3n) is 4.11. The van der Waals surface area contributed by atoms with Crippen molar-refractivity contribution in [2.45, 2.75) is 36.3 Å². The number of hydrogen-bond acceptors (Lipinski definition) is 4. The first-order valence-corrected chi connectivity index (χ1v) is 10.5. The quantitative estimate of drug-likeness (QED) is 0.695. The van der Waals surface area contributed by atoms with Crippen molar-refractivity contribution in [1.82, 2.24) is 10.3 Å². The van der Waals surface area contributed by atoms with Crippen LogP contribution in [0.25, 0.3) is 0 Å². The summed E-state index contributed by atoms with van der Waals surface area (Å²) in [4.78, 5) is 16.0. The van der Waals surface area contributed by atoms with Crippen molar-refractivity contribution in [1.29, 1.82) is 0 Å². The Morgan fingerprint density at radius 3 is 2.38 bits per heavy atom. The molecule has 1 atom stereocenters. The van der Waals surface area contributed by atoms with Gasteiger partial charge in [0.05, 0.1) is 4.90 Å². The number of rotatable bonds is 8. The molecular formula is C19H23ClN2O3S. The van der Waals surface area contributed by atoms with Crippen LogP contribution in [-0.4, -0.2) is 31.7 Å². The first-order chi connectivity index (χ1) is 12.4. The zero-order chi connectivity index (χ0) is 19.2. The number of halogens is 1. The van der Waals surface area contributed by atoms with Gasteiger partial charge in [-0.25, -0.2) is 8.42 Å². The number of pyridine rings is 1. The fraction of sp³-hybridized carbons (Fsp3) is 0.368. The van der Waals surface area contributed by atoms with Crippen molar-refractivity contribution in [2.75, 3.05) is 12.4 Å². The van der Waals surface area contributed by atoms with E-state index in [1.807, 2.05) is 26.0 Å². The third kappa shape index (κ3) is 5.05. The number of benzene rings is 1. The van der Waals surface area contributed by atoms with Crippen LogP contribution in [0, 0.1) is 0 Å². The number of aromatic nitrogens is 1. The van der Waals surface area contributed by atoms with E-state index in [1.165, 1.54) is 6.20 Å². The molecule has 0 bridgehead atoms. The molecular weight excluding hydrogens is 372 g/mol. The van der Waals surface area contributed by atoms with E-state index in [2.05, 4.69) is 10.3 Å². The van der Waals surface area contributed by atoms with Gasteiger partial charge >= 0.3 is 0 Å². The number of carbonyl (C=O) groups excluding carboxylic acids is 1. The molecule has 2 aromatic rings. The van der Waals surface area contributed by atoms with Crippen LogP contribution >= 0.6 is 11.6 Å². The minimum atomic E-state index is -3.69. The average molecular weight is 395 g/mol. The molecule has 0 saturated heterocycles. The van der Waals surface area contributed by atoms with E-state index in [9.17, 15) is 13.2 Å². The van der Waals surface area contributed by atoms with E-state index in [0.29, 0.717) is 11.5 Å². The smallest absolute Gasteiger partial charge is 0.221 e. The number of amides is 1. The van der Waals surface area contributed by atoms with Gasteiger partial charge in [0, 0.05) is 31.2 Å². The highest BCUT2D eigenvalue weighted by Crippen LogP contribution is 2.29. The van der Waals surface area contributed by atoms with Crippen LogP contribution in [0.1, 0.15) is 42.6 Å². The molecule has 1 heterocycles. The molecule has 140 valence electrons. The topological polar surface area (TPSA) is 76.1 Å². The molecule has 26 heavy (non-hydrogen) atoms. The summed E-state index contributed by atoms with van der Waals surface area (Å²) in [6.45, 7) is 4.07. The molecule has 1 aromatic heterocycles. The minimum Gasteiger partial charge on any atom is -0.354 e. The molecule has 1 unspecified atom stereocenters. The normalized spacial score (nSPS) is 12.8. The van der Waals surface area contributed by atoms with E-state index in [-0.39, 0.29) is 29.6 Å². The maximum Gasteiger partial charge on any atom is 0.221 e. The number of carbonyl (C=O) groups is 1. The Morgan fingerprint density at radius 2 is 1.85 bits per heavy atom. The van der Waals surface area contributed by atoms with Crippen LogP contribution in [-0.2, 0) is 14.6 Å². The monoisotopic (exact) mass is 394 g/mol. The Hall–Kier alpha value is -1.92. The van der Waals surface area contributed by atoms with E-state index in [1.54, 1.807) is 30.5 Å². The molecule has 0 aliphatic rings. The lowest BCUT2D eigenvalue weighted by Crippen LogP contribution is -2.32. The largest absolute Gasteiger partial charge is 0.354 e. The Bertz CT molecular complexity index is 822. The molecule has 0 radical (unpaired) electrons. The van der Waals surface area contributed by atoms with Crippen LogP contribution in [0.2, 0.25) is 0 Å². The standard InChI is InChI=1S/C19H23ClN2O3S/c1-14(2)15-5-7-17(8-6-15)26(24,25)18(13-22-19(23)9-10-20)16-4-3-11-21-12-16/h3-8,11-12,14,18H,9-10,13H2,1-2H3,(H,22,23). The second-order valence-electron chi connectivity index (χ2n) is 6.29. The molecule has 0 spiro atoms. The first kappa shape index (κ1) is 20.4. The molecule has 0 aliphatic carbocycles. The summed E-state index contributed by atoms with van der Waals surface area (Å²) >= 11 is 5.57. The maximum atomic E-state index is 13.2. The summed E-state index contributed by atoms with van der Waals surface area (Å²) in [6.07, 6.45) is 3.24. The van der Waals surface area contributed by atoms with Crippen molar-refractivity contribution in [3.8, 4) is 0 Å². The van der Waals surface area contributed by atoms with Crippen LogP contribution in [0.5, 0.6) is 0 Å². The number of sulfone groups is 1. The van der Waals surface area contributed by atoms with E-state index in [4.69, 9.17) is 11.6 Å². The Morgan fingerprint density at radius 1 is 1.15 bits per heavy atom. The number of hydrogen-bond donors (Lipinski definition) is 1. The fourth-order valence-corrected chi connectivity index (χ4v) is 4.38. The summed E-state index contributed by atoms with van der Waals surface area (Å²) in [5.74, 6) is 0.224. The number of nitrogens with zero attached hydrogens (tertiary/aromatic N) is 1. The van der Waals surface area contributed by atoms with Gasteiger partial charge in [0.15, 0.2) is 9.84 Å². The van der Waals surface area contributed by atoms with E-state index >= 15 is 0 Å². The summed E-state index contributed by atoms with van der Waals surface area (Å²) < 4.78 is 26.4. The van der Waals surface area contributed by atoms with Gasteiger partial charge in [-0.05, 0) is 35.2 Å². The predicted octanol–water partition coefficient (Wildman–Crippen LogP) is 3.47. The second-order valence-corrected chi connectivity index (χ2v) is 8.80. The van der Waals surface area contributed by atoms with Crippen molar-refractivity contribution < 1.29 is 13.2 Å². The Labute approximate surface area is 159 Å². The van der Waals surface area contributed by atoms with Gasteiger partial charge in [-0.3, -0.25) is 9.78 Å². The first-order valence-electron chi connectivity index (χ1n) is 8.42. The SMILES string of the molecule is CC(C)c1ccc(S(=O)(=O)C(CNC(=O)CCCl)c2cccnc2)cc1. The van der Waals surface area contributed by atoms with Gasteiger partial charge in [0.2, 0.25) is 5.91 Å². The zero-order valence-electron chi connectivity index (χ0n) is 14.9. The van der Waals surface area contributed by atoms with Crippen LogP contribution < -0.4 is 5.32 Å².